The van der Waals surface area contributed by atoms with Gasteiger partial charge in [0.25, 0.3) is 0 Å². The summed E-state index contributed by atoms with van der Waals surface area (Å²) >= 11 is 0. The zero-order valence-electron chi connectivity index (χ0n) is 37.5. The molecule has 0 bridgehead atoms. The Bertz CT molecular complexity index is 1230. The summed E-state index contributed by atoms with van der Waals surface area (Å²) in [6, 6.07) is 11.9. The van der Waals surface area contributed by atoms with E-state index in [0.717, 1.165) is 37.7 Å². The van der Waals surface area contributed by atoms with Crippen LogP contribution in [0.2, 0.25) is 0 Å². The lowest BCUT2D eigenvalue weighted by Crippen LogP contribution is -2.36. The third kappa shape index (κ3) is 24.6. The van der Waals surface area contributed by atoms with Crippen molar-refractivity contribution in [3.63, 3.8) is 0 Å². The summed E-state index contributed by atoms with van der Waals surface area (Å²) in [5.74, 6) is -2.55. The number of ether oxygens (including phenoxy) is 4. The van der Waals surface area contributed by atoms with Gasteiger partial charge in [0.15, 0.2) is 0 Å². The van der Waals surface area contributed by atoms with Crippen molar-refractivity contribution in [1.82, 2.24) is 0 Å². The van der Waals surface area contributed by atoms with Crippen LogP contribution in [0, 0.1) is 34.0 Å². The largest absolute Gasteiger partial charge is 0.463 e. The number of rotatable bonds is 36. The first-order valence-corrected chi connectivity index (χ1v) is 23.0. The van der Waals surface area contributed by atoms with Crippen molar-refractivity contribution in [3.05, 3.63) is 35.9 Å². The second kappa shape index (κ2) is 32.0. The molecule has 0 fully saturated rings. The van der Waals surface area contributed by atoms with Crippen molar-refractivity contribution in [1.29, 1.82) is 5.26 Å². The van der Waals surface area contributed by atoms with Crippen molar-refractivity contribution in [2.24, 2.45) is 22.7 Å². The molecule has 0 aliphatic rings. The molecule has 0 spiro atoms. The summed E-state index contributed by atoms with van der Waals surface area (Å²) in [7, 11) is 0. The predicted molar refractivity (Wildman–Crippen MR) is 231 cm³/mol. The van der Waals surface area contributed by atoms with Crippen LogP contribution in [0.5, 0.6) is 0 Å². The van der Waals surface area contributed by atoms with Crippen molar-refractivity contribution in [2.45, 2.75) is 209 Å². The van der Waals surface area contributed by atoms with Gasteiger partial charge in [-0.2, -0.15) is 5.26 Å². The van der Waals surface area contributed by atoms with Gasteiger partial charge < -0.3 is 18.9 Å². The van der Waals surface area contributed by atoms with Crippen LogP contribution in [0.1, 0.15) is 202 Å². The van der Waals surface area contributed by atoms with Gasteiger partial charge in [0.1, 0.15) is 13.2 Å². The molecule has 8 heteroatoms. The van der Waals surface area contributed by atoms with Crippen molar-refractivity contribution >= 4 is 17.9 Å². The van der Waals surface area contributed by atoms with Gasteiger partial charge in [0.05, 0.1) is 35.5 Å². The van der Waals surface area contributed by atoms with Crippen LogP contribution in [0.15, 0.2) is 30.3 Å². The van der Waals surface area contributed by atoms with Crippen LogP contribution in [-0.4, -0.2) is 43.8 Å². The van der Waals surface area contributed by atoms with Gasteiger partial charge in [0, 0.05) is 12.5 Å². The van der Waals surface area contributed by atoms with Crippen LogP contribution in [0.25, 0.3) is 0 Å². The number of unbranched alkanes of at least 4 members (excludes halogenated alkanes) is 16. The zero-order chi connectivity index (χ0) is 42.2. The molecule has 1 rings (SSSR count). The molecule has 326 valence electrons. The number of nitriles is 1. The van der Waals surface area contributed by atoms with Gasteiger partial charge in [-0.15, -0.1) is 0 Å². The molecule has 0 radical (unpaired) electrons. The molecule has 0 saturated heterocycles. The third-order valence-corrected chi connectivity index (χ3v) is 11.5. The van der Waals surface area contributed by atoms with Crippen molar-refractivity contribution < 1.29 is 33.3 Å². The van der Waals surface area contributed by atoms with E-state index in [-0.39, 0.29) is 44.5 Å². The highest BCUT2D eigenvalue weighted by atomic mass is 16.6. The van der Waals surface area contributed by atoms with E-state index in [0.29, 0.717) is 19.6 Å². The first kappa shape index (κ1) is 52.1. The number of hydrogen-bond donors (Lipinski definition) is 0. The zero-order valence-corrected chi connectivity index (χ0v) is 37.5. The van der Waals surface area contributed by atoms with Gasteiger partial charge in [-0.3, -0.25) is 14.4 Å². The molecule has 1 aromatic carbocycles. The fourth-order valence-electron chi connectivity index (χ4n) is 7.40. The van der Waals surface area contributed by atoms with E-state index in [1.165, 1.54) is 89.9 Å². The quantitative estimate of drug-likeness (QED) is 0.0375. The number of carbonyl (C=O) groups is 3. The maximum atomic E-state index is 13.9. The maximum Gasteiger partial charge on any atom is 0.312 e. The smallest absolute Gasteiger partial charge is 0.312 e. The SMILES string of the molecule is CCCCCCCCCCCCOCCOC(=O)C(C)(C)CC(CC(C#N)CC(C)(CC)C(=O)OCc1ccccc1)C(=O)OC(C)CCCCCCCCCC. The molecular weight excluding hydrogens is 715 g/mol. The molecule has 4 atom stereocenters. The Balaban J connectivity index is 2.79. The maximum absolute atomic E-state index is 13.9. The number of benzene rings is 1. The molecule has 0 aliphatic carbocycles. The van der Waals surface area contributed by atoms with Gasteiger partial charge >= 0.3 is 17.9 Å². The molecule has 1 aromatic rings. The van der Waals surface area contributed by atoms with Crippen LogP contribution in [0.4, 0.5) is 0 Å². The number of nitrogens with zero attached hydrogens (tertiary/aromatic N) is 1. The summed E-state index contributed by atoms with van der Waals surface area (Å²) in [6.45, 7) is 15.0. The van der Waals surface area contributed by atoms with E-state index >= 15 is 0 Å². The lowest BCUT2D eigenvalue weighted by Gasteiger charge is -2.31. The molecule has 0 amide bonds. The van der Waals surface area contributed by atoms with E-state index in [1.807, 2.05) is 51.1 Å². The van der Waals surface area contributed by atoms with E-state index in [2.05, 4.69) is 19.9 Å². The monoisotopic (exact) mass is 798 g/mol. The Morgan fingerprint density at radius 1 is 0.667 bits per heavy atom. The molecular formula is C49H83NO7. The normalized spacial score (nSPS) is 14.2. The first-order valence-electron chi connectivity index (χ1n) is 23.0. The lowest BCUT2D eigenvalue weighted by molar-refractivity contribution is -0.161. The second-order valence-corrected chi connectivity index (χ2v) is 17.5. The Labute approximate surface area is 348 Å². The Morgan fingerprint density at radius 3 is 1.75 bits per heavy atom. The van der Waals surface area contributed by atoms with Crippen LogP contribution < -0.4 is 0 Å². The average molecular weight is 798 g/mol. The second-order valence-electron chi connectivity index (χ2n) is 17.5. The lowest BCUT2D eigenvalue weighted by atomic mass is 9.74. The summed E-state index contributed by atoms with van der Waals surface area (Å²) in [5.41, 5.74) is -1.04. The number of hydrogen-bond acceptors (Lipinski definition) is 8. The minimum atomic E-state index is -1.01. The average Bonchev–Trinajstić information content (AvgIpc) is 3.20. The van der Waals surface area contributed by atoms with Crippen LogP contribution in [0.3, 0.4) is 0 Å². The van der Waals surface area contributed by atoms with E-state index in [4.69, 9.17) is 18.9 Å². The van der Waals surface area contributed by atoms with Crippen molar-refractivity contribution in [3.8, 4) is 6.07 Å². The molecule has 4 unspecified atom stereocenters. The van der Waals surface area contributed by atoms with Gasteiger partial charge in [-0.25, -0.2) is 0 Å². The summed E-state index contributed by atoms with van der Waals surface area (Å²) in [5, 5.41) is 10.4. The fraction of sp³-hybridized carbons (Fsp3) is 0.796. The topological polar surface area (TPSA) is 112 Å². The molecule has 0 N–H and O–H groups in total. The van der Waals surface area contributed by atoms with E-state index in [9.17, 15) is 19.6 Å². The molecule has 0 saturated carbocycles. The van der Waals surface area contributed by atoms with Crippen molar-refractivity contribution in [2.75, 3.05) is 19.8 Å². The van der Waals surface area contributed by atoms with E-state index < -0.39 is 34.6 Å². The van der Waals surface area contributed by atoms with E-state index in [1.54, 1.807) is 13.8 Å². The Hall–Kier alpha value is -2.92. The molecule has 57 heavy (non-hydrogen) atoms. The number of esters is 3. The minimum Gasteiger partial charge on any atom is -0.463 e. The molecule has 0 heterocycles. The Morgan fingerprint density at radius 2 is 1.21 bits per heavy atom. The molecule has 0 aromatic heterocycles. The highest BCUT2D eigenvalue weighted by Gasteiger charge is 2.41. The Kier molecular flexibility index (Phi) is 29.2. The van der Waals surface area contributed by atoms with Crippen LogP contribution in [-0.2, 0) is 39.9 Å². The summed E-state index contributed by atoms with van der Waals surface area (Å²) in [4.78, 5) is 40.7. The van der Waals surface area contributed by atoms with Gasteiger partial charge in [-0.1, -0.05) is 154 Å². The minimum absolute atomic E-state index is 0.144. The fourth-order valence-corrected chi connectivity index (χ4v) is 7.40. The number of carbonyl (C=O) groups excluding carboxylic acids is 3. The third-order valence-electron chi connectivity index (χ3n) is 11.5. The standard InChI is InChI=1S/C49H83NO7/c1-8-11-13-15-17-19-20-22-24-29-33-54-34-35-55-46(52)48(5,6)38-44(45(51)57-41(4)30-26-23-21-18-16-14-12-9-2)36-43(39-50)37-49(7,10-3)47(53)56-40-42-31-27-25-28-32-42/h25,27-28,31-32,41,43-44H,8-24,26,29-30,33-38,40H2,1-7H3. The molecule has 8 nitrogen and oxygen atoms in total. The van der Waals surface area contributed by atoms with Crippen LogP contribution >= 0.6 is 0 Å². The molecule has 0 aliphatic heterocycles. The van der Waals surface area contributed by atoms with Gasteiger partial charge in [-0.05, 0) is 78.2 Å². The summed E-state index contributed by atoms with van der Waals surface area (Å²) < 4.78 is 23.1. The predicted octanol–water partition coefficient (Wildman–Crippen LogP) is 13.0. The highest BCUT2D eigenvalue weighted by molar-refractivity contribution is 5.79. The van der Waals surface area contributed by atoms with Gasteiger partial charge in [0.2, 0.25) is 0 Å². The highest BCUT2D eigenvalue weighted by Crippen LogP contribution is 2.38. The first-order chi connectivity index (χ1) is 27.4. The summed E-state index contributed by atoms with van der Waals surface area (Å²) in [6.07, 6.45) is 23.7.